The maximum absolute atomic E-state index is 13.3. The van der Waals surface area contributed by atoms with Crippen LogP contribution in [0.5, 0.6) is 5.75 Å². The van der Waals surface area contributed by atoms with Crippen LogP contribution in [0.4, 0.5) is 0 Å². The highest BCUT2D eigenvalue weighted by Crippen LogP contribution is 2.41. The number of ether oxygens (including phenoxy) is 1. The summed E-state index contributed by atoms with van der Waals surface area (Å²) in [5.41, 5.74) is 3.94. The van der Waals surface area contributed by atoms with E-state index in [9.17, 15) is 14.7 Å². The molecule has 4 rings (SSSR count). The number of benzene rings is 2. The van der Waals surface area contributed by atoms with Crippen LogP contribution in [0.2, 0.25) is 0 Å². The summed E-state index contributed by atoms with van der Waals surface area (Å²) in [5.74, 6) is -0.776. The number of amides is 1. The van der Waals surface area contributed by atoms with Crippen LogP contribution in [0.15, 0.2) is 72.6 Å². The molecule has 0 bridgehead atoms. The number of carbonyl (C=O) groups is 2. The van der Waals surface area contributed by atoms with Crippen molar-refractivity contribution in [3.63, 3.8) is 0 Å². The Bertz CT molecular complexity index is 1250. The van der Waals surface area contributed by atoms with Crippen LogP contribution >= 0.6 is 0 Å². The van der Waals surface area contributed by atoms with Gasteiger partial charge in [-0.3, -0.25) is 14.6 Å². The second-order valence-corrected chi connectivity index (χ2v) is 8.88. The van der Waals surface area contributed by atoms with E-state index in [2.05, 4.69) is 11.9 Å². The number of Topliss-reactive ketones (excluding diaryl/α,β-unsaturated/α-hetero) is 1. The smallest absolute Gasteiger partial charge is 0.295 e. The zero-order valence-electron chi connectivity index (χ0n) is 20.3. The third-order valence-corrected chi connectivity index (χ3v) is 6.23. The Hall–Kier alpha value is -3.93. The Kier molecular flexibility index (Phi) is 7.30. The molecule has 2 aromatic carbocycles. The lowest BCUT2D eigenvalue weighted by Crippen LogP contribution is -2.29. The van der Waals surface area contributed by atoms with Gasteiger partial charge in [0.2, 0.25) is 0 Å². The molecule has 1 aliphatic rings. The average Bonchev–Trinajstić information content (AvgIpc) is 3.11. The van der Waals surface area contributed by atoms with Crippen molar-refractivity contribution in [3.8, 4) is 5.75 Å². The van der Waals surface area contributed by atoms with Gasteiger partial charge in [-0.25, -0.2) is 0 Å². The summed E-state index contributed by atoms with van der Waals surface area (Å²) in [7, 11) is 0. The van der Waals surface area contributed by atoms with Gasteiger partial charge in [0.15, 0.2) is 0 Å². The first-order valence-corrected chi connectivity index (χ1v) is 11.9. The molecule has 1 saturated heterocycles. The summed E-state index contributed by atoms with van der Waals surface area (Å²) in [6.07, 6.45) is 5.33. The lowest BCUT2D eigenvalue weighted by atomic mass is 9.93. The van der Waals surface area contributed by atoms with Crippen LogP contribution in [0.25, 0.3) is 5.76 Å². The zero-order chi connectivity index (χ0) is 24.9. The zero-order valence-corrected chi connectivity index (χ0v) is 20.3. The van der Waals surface area contributed by atoms with Crippen molar-refractivity contribution < 1.29 is 19.4 Å². The summed E-state index contributed by atoms with van der Waals surface area (Å²) in [5, 5.41) is 11.4. The minimum Gasteiger partial charge on any atom is -0.507 e. The van der Waals surface area contributed by atoms with Gasteiger partial charge in [-0.1, -0.05) is 49.2 Å². The normalized spacial score (nSPS) is 17.1. The summed E-state index contributed by atoms with van der Waals surface area (Å²) in [6, 6.07) is 16.0. The number of rotatable bonds is 8. The van der Waals surface area contributed by atoms with Crippen molar-refractivity contribution in [2.45, 2.75) is 46.2 Å². The predicted molar refractivity (Wildman–Crippen MR) is 135 cm³/mol. The molecule has 0 aliphatic carbocycles. The SMILES string of the molecule is CCCCOc1ccc(C2/C(=C(\O)c3cc(C)ccc3C)C(=O)C(=O)N2Cc2cccnc2)cc1. The summed E-state index contributed by atoms with van der Waals surface area (Å²) >= 11 is 0. The number of aliphatic hydroxyl groups excluding tert-OH is 1. The Morgan fingerprint density at radius 2 is 1.86 bits per heavy atom. The van der Waals surface area contributed by atoms with Crippen molar-refractivity contribution in [3.05, 3.63) is 100 Å². The third-order valence-electron chi connectivity index (χ3n) is 6.23. The molecule has 35 heavy (non-hydrogen) atoms. The van der Waals surface area contributed by atoms with Crippen molar-refractivity contribution in [1.82, 2.24) is 9.88 Å². The Labute approximate surface area is 205 Å². The largest absolute Gasteiger partial charge is 0.507 e. The molecule has 0 saturated carbocycles. The van der Waals surface area contributed by atoms with E-state index in [1.807, 2.05) is 62.4 Å². The fourth-order valence-corrected chi connectivity index (χ4v) is 4.29. The molecular weight excluding hydrogens is 440 g/mol. The number of likely N-dealkylation sites (tertiary alicyclic amines) is 1. The van der Waals surface area contributed by atoms with Crippen molar-refractivity contribution in [2.75, 3.05) is 6.61 Å². The molecular formula is C29H30N2O4. The number of hydrogen-bond acceptors (Lipinski definition) is 5. The minimum absolute atomic E-state index is 0.0900. The van der Waals surface area contributed by atoms with E-state index in [-0.39, 0.29) is 17.9 Å². The third kappa shape index (κ3) is 5.11. The van der Waals surface area contributed by atoms with E-state index in [1.165, 1.54) is 4.90 Å². The second kappa shape index (κ2) is 10.6. The number of nitrogens with zero attached hydrogens (tertiary/aromatic N) is 2. The molecule has 2 heterocycles. The maximum atomic E-state index is 13.3. The topological polar surface area (TPSA) is 79.7 Å². The number of unbranched alkanes of at least 4 members (excludes halogenated alkanes) is 1. The first-order valence-electron chi connectivity index (χ1n) is 11.9. The van der Waals surface area contributed by atoms with Gasteiger partial charge in [0.1, 0.15) is 11.5 Å². The van der Waals surface area contributed by atoms with Gasteiger partial charge in [-0.15, -0.1) is 0 Å². The Morgan fingerprint density at radius 1 is 1.09 bits per heavy atom. The highest BCUT2D eigenvalue weighted by atomic mass is 16.5. The number of aryl methyl sites for hydroxylation is 2. The lowest BCUT2D eigenvalue weighted by molar-refractivity contribution is -0.140. The van der Waals surface area contributed by atoms with Crippen LogP contribution in [0.1, 0.15) is 53.6 Å². The molecule has 6 heteroatoms. The van der Waals surface area contributed by atoms with Crippen LogP contribution in [0, 0.1) is 13.8 Å². The van der Waals surface area contributed by atoms with Crippen LogP contribution in [0.3, 0.4) is 0 Å². The van der Waals surface area contributed by atoms with Gasteiger partial charge < -0.3 is 14.7 Å². The van der Waals surface area contributed by atoms with Crippen molar-refractivity contribution in [1.29, 1.82) is 0 Å². The summed E-state index contributed by atoms with van der Waals surface area (Å²) in [4.78, 5) is 32.2. The van der Waals surface area contributed by atoms with E-state index in [4.69, 9.17) is 4.74 Å². The average molecular weight is 471 g/mol. The number of hydrogen-bond donors (Lipinski definition) is 1. The molecule has 180 valence electrons. The molecule has 1 aliphatic heterocycles. The van der Waals surface area contributed by atoms with E-state index < -0.39 is 17.7 Å². The monoisotopic (exact) mass is 470 g/mol. The second-order valence-electron chi connectivity index (χ2n) is 8.88. The van der Waals surface area contributed by atoms with Crippen LogP contribution < -0.4 is 4.74 Å². The van der Waals surface area contributed by atoms with E-state index >= 15 is 0 Å². The molecule has 1 atom stereocenters. The molecule has 6 nitrogen and oxygen atoms in total. The number of carbonyl (C=O) groups excluding carboxylic acids is 2. The molecule has 1 unspecified atom stereocenters. The van der Waals surface area contributed by atoms with Gasteiger partial charge in [0, 0.05) is 24.5 Å². The number of ketones is 1. The highest BCUT2D eigenvalue weighted by molar-refractivity contribution is 6.46. The quantitative estimate of drug-likeness (QED) is 0.204. The van der Waals surface area contributed by atoms with Crippen LogP contribution in [-0.2, 0) is 16.1 Å². The molecule has 1 amide bonds. The first kappa shape index (κ1) is 24.2. The molecule has 0 radical (unpaired) electrons. The molecule has 1 fully saturated rings. The first-order chi connectivity index (χ1) is 16.9. The Balaban J connectivity index is 1.80. The van der Waals surface area contributed by atoms with E-state index in [0.717, 1.165) is 40.8 Å². The fourth-order valence-electron chi connectivity index (χ4n) is 4.29. The van der Waals surface area contributed by atoms with Gasteiger partial charge >= 0.3 is 0 Å². The molecule has 3 aromatic rings. The standard InChI is InChI=1S/C29H30N2O4/c1-4-5-15-35-23-12-10-22(11-13-23)26-25(27(32)24-16-19(2)8-9-20(24)3)28(33)29(34)31(26)18-21-7-6-14-30-17-21/h6-14,16-17,26,32H,4-5,15,18H2,1-3H3/b27-25+. The molecule has 0 spiro atoms. The number of pyridine rings is 1. The summed E-state index contributed by atoms with van der Waals surface area (Å²) < 4.78 is 5.78. The lowest BCUT2D eigenvalue weighted by Gasteiger charge is -2.25. The number of aromatic nitrogens is 1. The van der Waals surface area contributed by atoms with E-state index in [1.54, 1.807) is 18.5 Å². The predicted octanol–water partition coefficient (Wildman–Crippen LogP) is 5.50. The van der Waals surface area contributed by atoms with Gasteiger partial charge in [-0.05, 0) is 61.2 Å². The van der Waals surface area contributed by atoms with Crippen molar-refractivity contribution >= 4 is 17.4 Å². The minimum atomic E-state index is -0.736. The van der Waals surface area contributed by atoms with Crippen molar-refractivity contribution in [2.24, 2.45) is 0 Å². The van der Waals surface area contributed by atoms with Crippen LogP contribution in [-0.4, -0.2) is 33.3 Å². The number of aliphatic hydroxyl groups is 1. The van der Waals surface area contributed by atoms with Gasteiger partial charge in [0.25, 0.3) is 11.7 Å². The maximum Gasteiger partial charge on any atom is 0.295 e. The van der Waals surface area contributed by atoms with Gasteiger partial charge in [0.05, 0.1) is 18.2 Å². The fraction of sp³-hybridized carbons (Fsp3) is 0.276. The van der Waals surface area contributed by atoms with Gasteiger partial charge in [-0.2, -0.15) is 0 Å². The molecule has 1 aromatic heterocycles. The van der Waals surface area contributed by atoms with E-state index in [0.29, 0.717) is 12.2 Å². The summed E-state index contributed by atoms with van der Waals surface area (Å²) in [6.45, 7) is 6.72. The molecule has 1 N–H and O–H groups in total. The Morgan fingerprint density at radius 3 is 2.54 bits per heavy atom. The highest BCUT2D eigenvalue weighted by Gasteiger charge is 2.46.